The number of benzene rings is 3. The Morgan fingerprint density at radius 2 is 1.32 bits per heavy atom. The summed E-state index contributed by atoms with van der Waals surface area (Å²) >= 11 is 0. The minimum absolute atomic E-state index is 0.0652. The zero-order chi connectivity index (χ0) is 26.8. The maximum atomic E-state index is 14.6. The normalized spacial score (nSPS) is 27.8. The fourth-order valence-corrected chi connectivity index (χ4v) is 7.34. The van der Waals surface area contributed by atoms with E-state index in [1.807, 2.05) is 74.5 Å². The fraction of sp³-hybridized carbons (Fsp3) is 0.258. The van der Waals surface area contributed by atoms with E-state index in [1.165, 1.54) is 24.3 Å². The smallest absolute Gasteiger partial charge is 0.269 e. The van der Waals surface area contributed by atoms with E-state index in [0.717, 1.165) is 27.2 Å². The van der Waals surface area contributed by atoms with Gasteiger partial charge in [0.2, 0.25) is 11.8 Å². The molecule has 2 bridgehead atoms. The molecule has 1 saturated carbocycles. The zero-order valence-corrected chi connectivity index (χ0v) is 21.1. The van der Waals surface area contributed by atoms with Crippen molar-refractivity contribution in [2.45, 2.75) is 26.7 Å². The Balaban J connectivity index is 1.61. The molecule has 2 amide bonds. The van der Waals surface area contributed by atoms with Gasteiger partial charge in [-0.3, -0.25) is 24.5 Å². The molecule has 190 valence electrons. The molecule has 4 atom stereocenters. The van der Waals surface area contributed by atoms with Gasteiger partial charge in [-0.25, -0.2) is 4.90 Å². The van der Waals surface area contributed by atoms with E-state index in [4.69, 9.17) is 0 Å². The molecule has 3 aliphatic rings. The Kier molecular flexibility index (Phi) is 5.24. The van der Waals surface area contributed by atoms with Crippen LogP contribution in [0.4, 0.5) is 11.4 Å². The third-order valence-electron chi connectivity index (χ3n) is 8.64. The molecular formula is C31H26N2O5. The predicted molar refractivity (Wildman–Crippen MR) is 143 cm³/mol. The van der Waals surface area contributed by atoms with Crippen LogP contribution >= 0.6 is 0 Å². The number of hydrogen-bond acceptors (Lipinski definition) is 5. The predicted octanol–water partition coefficient (Wildman–Crippen LogP) is 5.70. The summed E-state index contributed by atoms with van der Waals surface area (Å²) in [5.74, 6) is -2.61. The van der Waals surface area contributed by atoms with Crippen molar-refractivity contribution in [3.8, 4) is 0 Å². The second-order valence-corrected chi connectivity index (χ2v) is 10.5. The van der Waals surface area contributed by atoms with Crippen LogP contribution in [-0.4, -0.2) is 22.5 Å². The molecule has 0 spiro atoms. The van der Waals surface area contributed by atoms with Crippen molar-refractivity contribution in [1.82, 2.24) is 0 Å². The molecule has 0 N–H and O–H groups in total. The lowest BCUT2D eigenvalue weighted by Gasteiger charge is -2.37. The van der Waals surface area contributed by atoms with E-state index in [2.05, 4.69) is 0 Å². The topological polar surface area (TPSA) is 97.6 Å². The van der Waals surface area contributed by atoms with Crippen molar-refractivity contribution in [2.24, 2.45) is 22.7 Å². The van der Waals surface area contributed by atoms with Gasteiger partial charge in [-0.15, -0.1) is 0 Å². The number of carbonyl (C=O) groups is 3. The number of non-ortho nitro benzene ring substituents is 1. The fourth-order valence-electron chi connectivity index (χ4n) is 7.34. The van der Waals surface area contributed by atoms with Crippen LogP contribution < -0.4 is 4.90 Å². The SMILES string of the molecule is CCC[C@@]12C(=O)[C@@](C)(C(c3ccccc3)=C1c1ccccc1)[C@@H]1C(=O)N(c3ccc([N+](=O)[O-])cc3)C(=O)[C@H]12. The highest BCUT2D eigenvalue weighted by Gasteiger charge is 2.80. The molecule has 1 saturated heterocycles. The number of nitrogens with zero attached hydrogens (tertiary/aromatic N) is 2. The number of hydrogen-bond donors (Lipinski definition) is 0. The first-order valence-corrected chi connectivity index (χ1v) is 12.8. The van der Waals surface area contributed by atoms with Crippen LogP contribution in [0.5, 0.6) is 0 Å². The van der Waals surface area contributed by atoms with Crippen molar-refractivity contribution in [1.29, 1.82) is 0 Å². The summed E-state index contributed by atoms with van der Waals surface area (Å²) < 4.78 is 0. The van der Waals surface area contributed by atoms with Crippen LogP contribution in [0.25, 0.3) is 11.1 Å². The van der Waals surface area contributed by atoms with Gasteiger partial charge < -0.3 is 0 Å². The van der Waals surface area contributed by atoms with Crippen molar-refractivity contribution in [2.75, 3.05) is 4.90 Å². The number of carbonyl (C=O) groups excluding carboxylic acids is 3. The number of nitro benzene ring substituents is 1. The van der Waals surface area contributed by atoms with E-state index < -0.39 is 39.4 Å². The number of fused-ring (bicyclic) bond motifs is 5. The van der Waals surface area contributed by atoms with Gasteiger partial charge >= 0.3 is 0 Å². The number of anilines is 1. The number of nitro groups is 1. The summed E-state index contributed by atoms with van der Waals surface area (Å²) in [6.45, 7) is 3.82. The Bertz CT molecular complexity index is 1530. The van der Waals surface area contributed by atoms with Crippen LogP contribution in [0.3, 0.4) is 0 Å². The molecule has 2 aliphatic carbocycles. The maximum Gasteiger partial charge on any atom is 0.269 e. The van der Waals surface area contributed by atoms with E-state index in [9.17, 15) is 24.5 Å². The highest BCUT2D eigenvalue weighted by molar-refractivity contribution is 6.34. The van der Waals surface area contributed by atoms with Gasteiger partial charge in [-0.1, -0.05) is 74.0 Å². The van der Waals surface area contributed by atoms with E-state index >= 15 is 0 Å². The first-order valence-electron chi connectivity index (χ1n) is 12.8. The highest BCUT2D eigenvalue weighted by atomic mass is 16.6. The monoisotopic (exact) mass is 506 g/mol. The molecule has 7 heteroatoms. The lowest BCUT2D eigenvalue weighted by atomic mass is 9.61. The van der Waals surface area contributed by atoms with E-state index in [1.54, 1.807) is 0 Å². The third-order valence-corrected chi connectivity index (χ3v) is 8.64. The lowest BCUT2D eigenvalue weighted by molar-refractivity contribution is -0.384. The Hall–Kier alpha value is -4.39. The van der Waals surface area contributed by atoms with Crippen LogP contribution in [0.1, 0.15) is 37.8 Å². The molecule has 0 radical (unpaired) electrons. The van der Waals surface area contributed by atoms with Gasteiger partial charge in [0.25, 0.3) is 5.69 Å². The molecule has 3 aromatic rings. The zero-order valence-electron chi connectivity index (χ0n) is 21.1. The van der Waals surface area contributed by atoms with Crippen LogP contribution in [0.15, 0.2) is 84.9 Å². The summed E-state index contributed by atoms with van der Waals surface area (Å²) in [7, 11) is 0. The van der Waals surface area contributed by atoms with Crippen molar-refractivity contribution in [3.05, 3.63) is 106 Å². The van der Waals surface area contributed by atoms with Gasteiger partial charge in [-0.2, -0.15) is 0 Å². The molecule has 3 aromatic carbocycles. The molecule has 2 fully saturated rings. The summed E-state index contributed by atoms with van der Waals surface area (Å²) in [5.41, 5.74) is 1.21. The first kappa shape index (κ1) is 24.0. The van der Waals surface area contributed by atoms with Gasteiger partial charge in [0, 0.05) is 12.1 Å². The number of imide groups is 1. The van der Waals surface area contributed by atoms with Gasteiger partial charge in [0.15, 0.2) is 5.78 Å². The third kappa shape index (κ3) is 2.87. The minimum Gasteiger partial charge on any atom is -0.298 e. The van der Waals surface area contributed by atoms with Crippen LogP contribution in [-0.2, 0) is 14.4 Å². The molecule has 1 heterocycles. The first-order chi connectivity index (χ1) is 18.3. The number of amides is 2. The Morgan fingerprint density at radius 3 is 1.84 bits per heavy atom. The van der Waals surface area contributed by atoms with Crippen molar-refractivity contribution < 1.29 is 19.3 Å². The molecule has 7 nitrogen and oxygen atoms in total. The summed E-state index contributed by atoms with van der Waals surface area (Å²) in [5, 5.41) is 11.2. The van der Waals surface area contributed by atoms with Gasteiger partial charge in [-0.05, 0) is 47.8 Å². The number of rotatable bonds is 6. The molecule has 38 heavy (non-hydrogen) atoms. The van der Waals surface area contributed by atoms with Gasteiger partial charge in [0.1, 0.15) is 0 Å². The molecule has 0 unspecified atom stereocenters. The van der Waals surface area contributed by atoms with E-state index in [0.29, 0.717) is 12.8 Å². The largest absolute Gasteiger partial charge is 0.298 e. The van der Waals surface area contributed by atoms with E-state index in [-0.39, 0.29) is 17.2 Å². The quantitative estimate of drug-likeness (QED) is 0.243. The van der Waals surface area contributed by atoms with Crippen LogP contribution in [0, 0.1) is 32.8 Å². The number of ketones is 1. The summed E-state index contributed by atoms with van der Waals surface area (Å²) in [6.07, 6.45) is 1.10. The highest BCUT2D eigenvalue weighted by Crippen LogP contribution is 2.74. The second-order valence-electron chi connectivity index (χ2n) is 10.5. The maximum absolute atomic E-state index is 14.6. The average Bonchev–Trinajstić information content (AvgIpc) is 3.39. The average molecular weight is 507 g/mol. The Morgan fingerprint density at radius 1 is 0.789 bits per heavy atom. The molecule has 1 aliphatic heterocycles. The van der Waals surface area contributed by atoms with Crippen molar-refractivity contribution >= 4 is 40.1 Å². The van der Waals surface area contributed by atoms with Crippen LogP contribution in [0.2, 0.25) is 0 Å². The molecule has 0 aromatic heterocycles. The van der Waals surface area contributed by atoms with Crippen molar-refractivity contribution in [3.63, 3.8) is 0 Å². The number of Topliss-reactive ketones (excluding diaryl/α,β-unsaturated/α-hetero) is 1. The minimum atomic E-state index is -1.20. The lowest BCUT2D eigenvalue weighted by Crippen LogP contribution is -2.41. The molecule has 6 rings (SSSR count). The standard InChI is InChI=1S/C31H26N2O5/c1-3-18-31-24(20-12-8-5-9-13-20)23(19-10-6-4-7-11-19)30(2,29(31)36)25-26(31)28(35)32(27(25)34)21-14-16-22(17-15-21)33(37)38/h4-17,25-26H,3,18H2,1-2H3/t25-,26-,30-,31+/m0/s1. The second kappa shape index (κ2) is 8.31. The van der Waals surface area contributed by atoms with Gasteiger partial charge in [0.05, 0.1) is 33.3 Å². The Labute approximate surface area is 219 Å². The number of allylic oxidation sites excluding steroid dienone is 2. The summed E-state index contributed by atoms with van der Waals surface area (Å²) in [6, 6.07) is 24.8. The summed E-state index contributed by atoms with van der Waals surface area (Å²) in [4.78, 5) is 54.7. The molecular weight excluding hydrogens is 480 g/mol.